The molecule has 0 radical (unpaired) electrons. The van der Waals surface area contributed by atoms with Gasteiger partial charge in [-0.1, -0.05) is 23.2 Å². The van der Waals surface area contributed by atoms with Crippen molar-refractivity contribution < 1.29 is 22.7 Å². The number of amides is 2. The minimum Gasteiger partial charge on any atom is -0.471 e. The first-order valence-electron chi connectivity index (χ1n) is 9.13. The second-order valence-corrected chi connectivity index (χ2v) is 9.25. The van der Waals surface area contributed by atoms with Crippen LogP contribution in [0.15, 0.2) is 47.4 Å². The molecule has 11 heteroatoms. The molecule has 3 rings (SSSR count). The largest absolute Gasteiger partial charge is 0.471 e. The maximum atomic E-state index is 12.8. The summed E-state index contributed by atoms with van der Waals surface area (Å²) in [6.07, 6.45) is -0.662. The molecule has 2 amide bonds. The van der Waals surface area contributed by atoms with Gasteiger partial charge in [0, 0.05) is 18.1 Å². The lowest BCUT2D eigenvalue weighted by molar-refractivity contribution is 0.0730. The number of halogens is 2. The van der Waals surface area contributed by atoms with Crippen molar-refractivity contribution in [3.05, 3.63) is 52.5 Å². The number of carbonyl (C=O) groups excluding carboxylic acids is 1. The van der Waals surface area contributed by atoms with E-state index in [0.717, 1.165) is 0 Å². The van der Waals surface area contributed by atoms with Gasteiger partial charge in [0.1, 0.15) is 5.75 Å². The molecule has 1 atom stereocenters. The van der Waals surface area contributed by atoms with Crippen LogP contribution >= 0.6 is 23.2 Å². The van der Waals surface area contributed by atoms with Gasteiger partial charge in [0.25, 0.3) is 0 Å². The van der Waals surface area contributed by atoms with Crippen LogP contribution < -0.4 is 15.4 Å². The Balaban J connectivity index is 1.66. The molecule has 30 heavy (non-hydrogen) atoms. The average Bonchev–Trinajstić information content (AvgIpc) is 2.71. The van der Waals surface area contributed by atoms with Crippen molar-refractivity contribution >= 4 is 44.9 Å². The number of urea groups is 1. The van der Waals surface area contributed by atoms with Crippen molar-refractivity contribution in [3.8, 4) is 5.75 Å². The van der Waals surface area contributed by atoms with Crippen LogP contribution in [0.3, 0.4) is 0 Å². The van der Waals surface area contributed by atoms with E-state index < -0.39 is 22.3 Å². The second kappa shape index (κ2) is 9.84. The van der Waals surface area contributed by atoms with Crippen LogP contribution in [-0.4, -0.2) is 51.3 Å². The first-order chi connectivity index (χ1) is 14.3. The molecule has 8 nitrogen and oxygen atoms in total. The molecule has 2 N–H and O–H groups in total. The molecule has 0 saturated carbocycles. The van der Waals surface area contributed by atoms with Gasteiger partial charge in [0.05, 0.1) is 28.8 Å². The van der Waals surface area contributed by atoms with E-state index in [1.54, 1.807) is 31.2 Å². The molecule has 1 unspecified atom stereocenters. The SMILES string of the molecule is CC(NC(=O)Nc1cc(S(=O)(=O)N2CCOCC2)ccc1Cl)Oc1ccc(Cl)cc1. The lowest BCUT2D eigenvalue weighted by Crippen LogP contribution is -2.41. The smallest absolute Gasteiger partial charge is 0.322 e. The third-order valence-electron chi connectivity index (χ3n) is 4.25. The van der Waals surface area contributed by atoms with Crippen molar-refractivity contribution in [1.29, 1.82) is 0 Å². The monoisotopic (exact) mass is 473 g/mol. The fraction of sp³-hybridized carbons (Fsp3) is 0.316. The highest BCUT2D eigenvalue weighted by molar-refractivity contribution is 7.89. The number of nitrogens with zero attached hydrogens (tertiary/aromatic N) is 1. The molecule has 1 aliphatic rings. The zero-order chi connectivity index (χ0) is 21.7. The fourth-order valence-electron chi connectivity index (χ4n) is 2.79. The highest BCUT2D eigenvalue weighted by atomic mass is 35.5. The topological polar surface area (TPSA) is 97.0 Å². The molecule has 0 aliphatic carbocycles. The van der Waals surface area contributed by atoms with Gasteiger partial charge < -0.3 is 20.1 Å². The quantitative estimate of drug-likeness (QED) is 0.625. The molecule has 2 aromatic rings. The highest BCUT2D eigenvalue weighted by Crippen LogP contribution is 2.27. The molecule has 1 saturated heterocycles. The predicted molar refractivity (Wildman–Crippen MR) is 115 cm³/mol. The Morgan fingerprint density at radius 2 is 1.80 bits per heavy atom. The van der Waals surface area contributed by atoms with Crippen LogP contribution in [0.25, 0.3) is 0 Å². The highest BCUT2D eigenvalue weighted by Gasteiger charge is 2.27. The van der Waals surface area contributed by atoms with Gasteiger partial charge in [-0.3, -0.25) is 0 Å². The van der Waals surface area contributed by atoms with E-state index in [9.17, 15) is 13.2 Å². The Labute approximate surface area is 185 Å². The van der Waals surface area contributed by atoms with Crippen LogP contribution in [0.1, 0.15) is 6.92 Å². The molecule has 2 aromatic carbocycles. The van der Waals surface area contributed by atoms with Crippen LogP contribution in [0.4, 0.5) is 10.5 Å². The predicted octanol–water partition coefficient (Wildman–Crippen LogP) is 3.56. The Bertz CT molecular complexity index is 996. The van der Waals surface area contributed by atoms with Crippen LogP contribution in [0, 0.1) is 0 Å². The molecule has 0 aromatic heterocycles. The summed E-state index contributed by atoms with van der Waals surface area (Å²) in [5.74, 6) is 0.531. The number of carbonyl (C=O) groups is 1. The van der Waals surface area contributed by atoms with Crippen molar-refractivity contribution in [3.63, 3.8) is 0 Å². The van der Waals surface area contributed by atoms with E-state index in [4.69, 9.17) is 32.7 Å². The van der Waals surface area contributed by atoms with Crippen molar-refractivity contribution in [2.45, 2.75) is 18.0 Å². The van der Waals surface area contributed by atoms with Gasteiger partial charge in [0.15, 0.2) is 6.23 Å². The van der Waals surface area contributed by atoms with Gasteiger partial charge in [-0.15, -0.1) is 0 Å². The van der Waals surface area contributed by atoms with Gasteiger partial charge in [0.2, 0.25) is 10.0 Å². The Hall–Kier alpha value is -2.04. The van der Waals surface area contributed by atoms with Gasteiger partial charge in [-0.05, 0) is 49.4 Å². The summed E-state index contributed by atoms with van der Waals surface area (Å²) in [7, 11) is -3.72. The molecular formula is C19H21Cl2N3O5S. The van der Waals surface area contributed by atoms with E-state index in [2.05, 4.69) is 10.6 Å². The number of hydrogen-bond donors (Lipinski definition) is 2. The van der Waals surface area contributed by atoms with Gasteiger partial charge in [-0.25, -0.2) is 13.2 Å². The number of rotatable bonds is 6. The van der Waals surface area contributed by atoms with E-state index in [1.165, 1.54) is 22.5 Å². The standard InChI is InChI=1S/C19H21Cl2N3O5S/c1-13(29-15-4-2-14(20)3-5-15)22-19(25)23-18-12-16(6-7-17(18)21)30(26,27)24-8-10-28-11-9-24/h2-7,12-13H,8-11H2,1H3,(H2,22,23,25). The lowest BCUT2D eigenvalue weighted by Gasteiger charge is -2.26. The second-order valence-electron chi connectivity index (χ2n) is 6.47. The van der Waals surface area contributed by atoms with E-state index in [-0.39, 0.29) is 28.7 Å². The molecule has 162 valence electrons. The summed E-state index contributed by atoms with van der Waals surface area (Å²) in [4.78, 5) is 12.4. The number of sulfonamides is 1. The van der Waals surface area contributed by atoms with Crippen molar-refractivity contribution in [2.75, 3.05) is 31.6 Å². The molecule has 1 fully saturated rings. The fourth-order valence-corrected chi connectivity index (χ4v) is 4.51. The van der Waals surface area contributed by atoms with E-state index in [1.807, 2.05) is 0 Å². The van der Waals surface area contributed by atoms with Crippen molar-refractivity contribution in [2.24, 2.45) is 0 Å². The number of benzene rings is 2. The maximum absolute atomic E-state index is 12.8. The minimum absolute atomic E-state index is 0.0366. The number of nitrogens with one attached hydrogen (secondary N) is 2. The molecule has 0 spiro atoms. The summed E-state index contributed by atoms with van der Waals surface area (Å²) >= 11 is 12.0. The third kappa shape index (κ3) is 5.77. The van der Waals surface area contributed by atoms with Crippen LogP contribution in [0.2, 0.25) is 10.0 Å². The number of anilines is 1. The van der Waals surface area contributed by atoms with E-state index in [0.29, 0.717) is 24.0 Å². The van der Waals surface area contributed by atoms with Gasteiger partial charge in [-0.2, -0.15) is 4.31 Å². The maximum Gasteiger partial charge on any atom is 0.322 e. The van der Waals surface area contributed by atoms with Crippen LogP contribution in [-0.2, 0) is 14.8 Å². The summed E-state index contributed by atoms with van der Waals surface area (Å²) in [6, 6.07) is 10.3. The normalized spacial score (nSPS) is 16.0. The summed E-state index contributed by atoms with van der Waals surface area (Å²) < 4.78 is 37.7. The van der Waals surface area contributed by atoms with E-state index >= 15 is 0 Å². The zero-order valence-corrected chi connectivity index (χ0v) is 18.4. The Kier molecular flexibility index (Phi) is 7.43. The molecule has 0 bridgehead atoms. The molecule has 1 heterocycles. The third-order valence-corrected chi connectivity index (χ3v) is 6.73. The first kappa shape index (κ1) is 22.6. The Morgan fingerprint density at radius 3 is 2.47 bits per heavy atom. The first-order valence-corrected chi connectivity index (χ1v) is 11.3. The minimum atomic E-state index is -3.72. The van der Waals surface area contributed by atoms with Crippen molar-refractivity contribution in [1.82, 2.24) is 9.62 Å². The zero-order valence-electron chi connectivity index (χ0n) is 16.1. The summed E-state index contributed by atoms with van der Waals surface area (Å²) in [5.41, 5.74) is 0.169. The van der Waals surface area contributed by atoms with Crippen LogP contribution in [0.5, 0.6) is 5.75 Å². The van der Waals surface area contributed by atoms with Gasteiger partial charge >= 0.3 is 6.03 Å². The summed E-state index contributed by atoms with van der Waals surface area (Å²) in [6.45, 7) is 2.87. The molecule has 1 aliphatic heterocycles. The average molecular weight is 474 g/mol. The number of hydrogen-bond acceptors (Lipinski definition) is 5. The molecular weight excluding hydrogens is 453 g/mol. The lowest BCUT2D eigenvalue weighted by atomic mass is 10.3. The Morgan fingerprint density at radius 1 is 1.13 bits per heavy atom. The number of morpholine rings is 1. The summed E-state index contributed by atoms with van der Waals surface area (Å²) in [5, 5.41) is 5.94. The number of ether oxygens (including phenoxy) is 2.